The highest BCUT2D eigenvalue weighted by Gasteiger charge is 2.20. The van der Waals surface area contributed by atoms with Crippen molar-refractivity contribution in [2.45, 2.75) is 102 Å². The summed E-state index contributed by atoms with van der Waals surface area (Å²) in [6, 6.07) is 16.0. The largest absolute Gasteiger partial charge is 0.462 e. The highest BCUT2D eigenvalue weighted by atomic mass is 19.1. The number of halogens is 3. The van der Waals surface area contributed by atoms with Gasteiger partial charge in [-0.2, -0.15) is 0 Å². The molecule has 0 aliphatic heterocycles. The Labute approximate surface area is 384 Å². The van der Waals surface area contributed by atoms with E-state index in [1.54, 1.807) is 0 Å². The number of hydrogen-bond acceptors (Lipinski definition) is 12. The lowest BCUT2D eigenvalue weighted by Gasteiger charge is -2.18. The Hall–Kier alpha value is -6.51. The predicted octanol–water partition coefficient (Wildman–Crippen LogP) is 10.0. The second-order valence-electron chi connectivity index (χ2n) is 15.3. The Kier molecular flexibility index (Phi) is 25.0. The maximum Gasteiger partial charge on any atom is 0.338 e. The SMILES string of the molecule is C=C(C(=O)OCCCCCCC(=O)OCC(COC(=O)CCCCCCOC(=O)C(=C)c1ccc(F)cc1)OC(=O)CCCCCCOC(=O)C(=C)c1ccc(F)cc1)c1ccc(F)cc1. The number of esters is 6. The van der Waals surface area contributed by atoms with Crippen molar-refractivity contribution in [1.29, 1.82) is 0 Å². The Morgan fingerprint density at radius 2 is 0.652 bits per heavy atom. The van der Waals surface area contributed by atoms with Crippen LogP contribution in [0.1, 0.15) is 113 Å². The molecule has 0 aromatic heterocycles. The fraction of sp³-hybridized carbons (Fsp3) is 0.412. The van der Waals surface area contributed by atoms with E-state index >= 15 is 0 Å². The predicted molar refractivity (Wildman–Crippen MR) is 240 cm³/mol. The van der Waals surface area contributed by atoms with Crippen LogP contribution in [-0.4, -0.2) is 75.0 Å². The van der Waals surface area contributed by atoms with Gasteiger partial charge in [0, 0.05) is 19.3 Å². The summed E-state index contributed by atoms with van der Waals surface area (Å²) in [5.41, 5.74) is 1.74. The van der Waals surface area contributed by atoms with Gasteiger partial charge in [-0.05, 0) is 91.6 Å². The second-order valence-corrected chi connectivity index (χ2v) is 15.3. The minimum absolute atomic E-state index is 0.0465. The van der Waals surface area contributed by atoms with Crippen molar-refractivity contribution in [3.05, 3.63) is 127 Å². The number of benzene rings is 3. The molecule has 66 heavy (non-hydrogen) atoms. The van der Waals surface area contributed by atoms with Crippen LogP contribution >= 0.6 is 0 Å². The maximum absolute atomic E-state index is 13.2. The Morgan fingerprint density at radius 1 is 0.379 bits per heavy atom. The van der Waals surface area contributed by atoms with E-state index < -0.39 is 59.4 Å². The quantitative estimate of drug-likeness (QED) is 0.0253. The Bertz CT molecular complexity index is 1960. The van der Waals surface area contributed by atoms with Crippen LogP contribution in [0, 0.1) is 17.5 Å². The van der Waals surface area contributed by atoms with Gasteiger partial charge in [-0.3, -0.25) is 14.4 Å². The molecule has 0 bridgehead atoms. The molecule has 3 aromatic carbocycles. The van der Waals surface area contributed by atoms with Gasteiger partial charge in [-0.1, -0.05) is 94.7 Å². The monoisotopic (exact) mass is 920 g/mol. The zero-order valence-corrected chi connectivity index (χ0v) is 37.3. The van der Waals surface area contributed by atoms with Gasteiger partial charge in [0.15, 0.2) is 6.10 Å². The zero-order chi connectivity index (χ0) is 48.1. The molecule has 0 atom stereocenters. The number of unbranched alkanes of at least 4 members (excludes halogenated alkanes) is 9. The fourth-order valence-corrected chi connectivity index (χ4v) is 6.11. The summed E-state index contributed by atoms with van der Waals surface area (Å²) >= 11 is 0. The normalized spacial score (nSPS) is 10.7. The average molecular weight is 921 g/mol. The molecule has 15 heteroatoms. The van der Waals surface area contributed by atoms with Crippen LogP contribution in [0.4, 0.5) is 13.2 Å². The molecule has 0 fully saturated rings. The van der Waals surface area contributed by atoms with Crippen LogP contribution in [0.15, 0.2) is 92.5 Å². The first-order chi connectivity index (χ1) is 31.7. The van der Waals surface area contributed by atoms with Gasteiger partial charge in [0.2, 0.25) is 0 Å². The Morgan fingerprint density at radius 3 is 0.955 bits per heavy atom. The number of rotatable bonds is 32. The highest BCUT2D eigenvalue weighted by Crippen LogP contribution is 2.18. The molecular weight excluding hydrogens is 862 g/mol. The first-order valence-corrected chi connectivity index (χ1v) is 22.1. The molecule has 0 N–H and O–H groups in total. The van der Waals surface area contributed by atoms with Gasteiger partial charge in [0.1, 0.15) is 30.7 Å². The molecule has 3 aromatic rings. The number of carbonyl (C=O) groups is 6. The molecule has 3 rings (SSSR count). The van der Waals surface area contributed by atoms with Gasteiger partial charge < -0.3 is 28.4 Å². The van der Waals surface area contributed by atoms with Gasteiger partial charge in [-0.15, -0.1) is 0 Å². The smallest absolute Gasteiger partial charge is 0.338 e. The fourth-order valence-electron chi connectivity index (χ4n) is 6.11. The van der Waals surface area contributed by atoms with E-state index in [2.05, 4.69) is 19.7 Å². The van der Waals surface area contributed by atoms with Crippen LogP contribution < -0.4 is 0 Å². The number of ether oxygens (including phenoxy) is 6. The molecular formula is C51H59F3O12. The average Bonchev–Trinajstić information content (AvgIpc) is 3.31. The summed E-state index contributed by atoms with van der Waals surface area (Å²) in [6.45, 7) is 10.9. The van der Waals surface area contributed by atoms with Crippen molar-refractivity contribution >= 4 is 52.5 Å². The van der Waals surface area contributed by atoms with E-state index in [9.17, 15) is 41.9 Å². The van der Waals surface area contributed by atoms with Crippen molar-refractivity contribution in [3.63, 3.8) is 0 Å². The molecule has 0 saturated carbocycles. The van der Waals surface area contributed by atoms with Gasteiger partial charge in [-0.25, -0.2) is 27.6 Å². The first-order valence-electron chi connectivity index (χ1n) is 22.1. The highest BCUT2D eigenvalue weighted by molar-refractivity contribution is 6.16. The van der Waals surface area contributed by atoms with Crippen LogP contribution in [0.2, 0.25) is 0 Å². The third kappa shape index (κ3) is 21.9. The van der Waals surface area contributed by atoms with E-state index in [-0.39, 0.29) is 69.0 Å². The molecule has 12 nitrogen and oxygen atoms in total. The van der Waals surface area contributed by atoms with Crippen molar-refractivity contribution in [3.8, 4) is 0 Å². The summed E-state index contributed by atoms with van der Waals surface area (Å²) in [5, 5.41) is 0. The third-order valence-corrected chi connectivity index (χ3v) is 10.0. The number of carbonyl (C=O) groups excluding carboxylic acids is 6. The van der Waals surface area contributed by atoms with Crippen LogP contribution in [0.5, 0.6) is 0 Å². The molecule has 0 aliphatic rings. The van der Waals surface area contributed by atoms with Gasteiger partial charge >= 0.3 is 35.8 Å². The molecule has 0 unspecified atom stereocenters. The summed E-state index contributed by atoms with van der Waals surface area (Å²) in [7, 11) is 0. The summed E-state index contributed by atoms with van der Waals surface area (Å²) in [4.78, 5) is 74.7. The van der Waals surface area contributed by atoms with Crippen molar-refractivity contribution < 1.29 is 70.4 Å². The lowest BCUT2D eigenvalue weighted by Crippen LogP contribution is -2.30. The van der Waals surface area contributed by atoms with Gasteiger partial charge in [0.05, 0.1) is 36.5 Å². The summed E-state index contributed by atoms with van der Waals surface area (Å²) in [5.74, 6) is -4.73. The van der Waals surface area contributed by atoms with E-state index in [4.69, 9.17) is 28.4 Å². The van der Waals surface area contributed by atoms with Crippen molar-refractivity contribution in [2.75, 3.05) is 33.0 Å². The molecule has 0 amide bonds. The van der Waals surface area contributed by atoms with Gasteiger partial charge in [0.25, 0.3) is 0 Å². The zero-order valence-electron chi connectivity index (χ0n) is 37.3. The van der Waals surface area contributed by atoms with Crippen molar-refractivity contribution in [1.82, 2.24) is 0 Å². The molecule has 0 radical (unpaired) electrons. The van der Waals surface area contributed by atoms with Crippen LogP contribution in [-0.2, 0) is 57.2 Å². The van der Waals surface area contributed by atoms with E-state index in [0.29, 0.717) is 93.7 Å². The summed E-state index contributed by atoms with van der Waals surface area (Å²) in [6.07, 6.45) is 6.16. The molecule has 0 aliphatic carbocycles. The van der Waals surface area contributed by atoms with Crippen LogP contribution in [0.25, 0.3) is 16.7 Å². The standard InChI is InChI=1S/C51H59F3O12/c1-36(39-19-25-42(52)26-20-39)49(58)61-31-13-7-4-10-16-46(55)64-34-45(66-48(57)18-12-6-9-15-33-63-51(60)38(3)41-23-29-44(54)30-24-41)35-65-47(56)17-11-5-8-14-32-62-50(59)37(2)40-21-27-43(53)28-22-40/h19-30,45H,1-18,31-35H2. The minimum atomic E-state index is -1.04. The third-order valence-electron chi connectivity index (χ3n) is 10.0. The Balaban J connectivity index is 1.33. The summed E-state index contributed by atoms with van der Waals surface area (Å²) < 4.78 is 71.5. The molecule has 0 saturated heterocycles. The second kappa shape index (κ2) is 30.6. The minimum Gasteiger partial charge on any atom is -0.462 e. The number of hydrogen-bond donors (Lipinski definition) is 0. The van der Waals surface area contributed by atoms with E-state index in [1.165, 1.54) is 72.8 Å². The van der Waals surface area contributed by atoms with Crippen molar-refractivity contribution in [2.24, 2.45) is 0 Å². The molecule has 0 spiro atoms. The molecule has 0 heterocycles. The van der Waals surface area contributed by atoms with E-state index in [1.807, 2.05) is 0 Å². The van der Waals surface area contributed by atoms with E-state index in [0.717, 1.165) is 0 Å². The van der Waals surface area contributed by atoms with Crippen LogP contribution in [0.3, 0.4) is 0 Å². The molecule has 356 valence electrons. The topological polar surface area (TPSA) is 158 Å². The lowest BCUT2D eigenvalue weighted by atomic mass is 10.1. The maximum atomic E-state index is 13.2. The first kappa shape index (κ1) is 53.8. The lowest BCUT2D eigenvalue weighted by molar-refractivity contribution is -0.167.